The summed E-state index contributed by atoms with van der Waals surface area (Å²) in [6.07, 6.45) is 4.71. The third-order valence-electron chi connectivity index (χ3n) is 5.53. The quantitative estimate of drug-likeness (QED) is 0.818. The van der Waals surface area contributed by atoms with Gasteiger partial charge in [0.25, 0.3) is 0 Å². The van der Waals surface area contributed by atoms with Gasteiger partial charge >= 0.3 is 0 Å². The minimum Gasteiger partial charge on any atom is -0.397 e. The fourth-order valence-electron chi connectivity index (χ4n) is 4.19. The Bertz CT molecular complexity index is 833. The number of morpholine rings is 1. The summed E-state index contributed by atoms with van der Waals surface area (Å²) in [5, 5.41) is 0. The first-order chi connectivity index (χ1) is 13.4. The molecule has 2 aliphatic heterocycles. The molecule has 7 heteroatoms. The van der Waals surface area contributed by atoms with Gasteiger partial charge in [-0.2, -0.15) is 0 Å². The van der Waals surface area contributed by atoms with Gasteiger partial charge in [-0.05, 0) is 38.3 Å². The molecule has 2 aliphatic rings. The number of nitrogen functional groups attached to an aromatic ring is 1. The fourth-order valence-corrected chi connectivity index (χ4v) is 4.19. The van der Waals surface area contributed by atoms with E-state index in [1.54, 1.807) is 24.5 Å². The summed E-state index contributed by atoms with van der Waals surface area (Å²) < 4.78 is 20.6. The van der Waals surface area contributed by atoms with E-state index in [0.717, 1.165) is 38.3 Å². The monoisotopic (exact) mass is 385 g/mol. The molecule has 0 unspecified atom stereocenters. The fraction of sp³-hybridized carbons (Fsp3) is 0.524. The third kappa shape index (κ3) is 3.76. The van der Waals surface area contributed by atoms with Gasteiger partial charge in [0.05, 0.1) is 23.6 Å². The molecular weight excluding hydrogens is 357 g/mol. The van der Waals surface area contributed by atoms with Crippen molar-refractivity contribution in [3.8, 4) is 11.1 Å². The molecule has 2 N–H and O–H groups in total. The predicted octanol–water partition coefficient (Wildman–Crippen LogP) is 3.32. The molecule has 0 radical (unpaired) electrons. The number of aromatic nitrogens is 2. The molecular formula is C21H28FN5O. The van der Waals surface area contributed by atoms with Crippen LogP contribution >= 0.6 is 0 Å². The molecule has 1 aromatic carbocycles. The van der Waals surface area contributed by atoms with Gasteiger partial charge in [-0.1, -0.05) is 6.92 Å². The minimum atomic E-state index is -0.297. The Balaban J connectivity index is 1.56. The topological polar surface area (TPSA) is 67.5 Å². The highest BCUT2D eigenvalue weighted by molar-refractivity contribution is 5.77. The summed E-state index contributed by atoms with van der Waals surface area (Å²) >= 11 is 0. The van der Waals surface area contributed by atoms with Crippen molar-refractivity contribution in [2.24, 2.45) is 5.92 Å². The number of nitrogens with zero attached hydrogens (tertiary/aromatic N) is 4. The van der Waals surface area contributed by atoms with Crippen LogP contribution in [0.25, 0.3) is 11.1 Å². The summed E-state index contributed by atoms with van der Waals surface area (Å²) in [6, 6.07) is 3.24. The lowest BCUT2D eigenvalue weighted by Gasteiger charge is -2.35. The van der Waals surface area contributed by atoms with Crippen molar-refractivity contribution in [2.75, 3.05) is 41.7 Å². The van der Waals surface area contributed by atoms with E-state index in [0.29, 0.717) is 28.7 Å². The number of ether oxygens (including phenoxy) is 1. The molecule has 0 bridgehead atoms. The molecule has 2 fully saturated rings. The lowest BCUT2D eigenvalue weighted by Crippen LogP contribution is -2.46. The zero-order valence-corrected chi connectivity index (χ0v) is 16.7. The van der Waals surface area contributed by atoms with Crippen LogP contribution in [-0.2, 0) is 4.74 Å². The first-order valence-corrected chi connectivity index (χ1v) is 9.97. The van der Waals surface area contributed by atoms with Crippen LogP contribution < -0.4 is 15.5 Å². The number of rotatable bonds is 3. The SMILES string of the molecule is C[C@@H]1CCN(c2cc(F)c(-c3cnc(N4C[C@@H](C)O[C@@H](C)C4)nc3)cc2N)C1. The van der Waals surface area contributed by atoms with E-state index in [1.165, 1.54) is 0 Å². The maximum absolute atomic E-state index is 14.9. The van der Waals surface area contributed by atoms with E-state index < -0.39 is 0 Å². The van der Waals surface area contributed by atoms with Crippen LogP contribution in [-0.4, -0.2) is 48.4 Å². The minimum absolute atomic E-state index is 0.130. The van der Waals surface area contributed by atoms with Gasteiger partial charge < -0.3 is 20.3 Å². The lowest BCUT2D eigenvalue weighted by molar-refractivity contribution is -0.00571. The Morgan fingerprint density at radius 1 is 1.04 bits per heavy atom. The van der Waals surface area contributed by atoms with Gasteiger partial charge in [-0.15, -0.1) is 0 Å². The van der Waals surface area contributed by atoms with Gasteiger partial charge in [0.15, 0.2) is 0 Å². The van der Waals surface area contributed by atoms with Crippen LogP contribution in [0.5, 0.6) is 0 Å². The second-order valence-corrected chi connectivity index (χ2v) is 8.16. The number of hydrogen-bond acceptors (Lipinski definition) is 6. The van der Waals surface area contributed by atoms with E-state index in [9.17, 15) is 4.39 Å². The lowest BCUT2D eigenvalue weighted by atomic mass is 10.1. The molecule has 0 saturated carbocycles. The van der Waals surface area contributed by atoms with E-state index in [-0.39, 0.29) is 18.0 Å². The molecule has 1 aromatic heterocycles. The van der Waals surface area contributed by atoms with Crippen LogP contribution in [0.15, 0.2) is 24.5 Å². The second-order valence-electron chi connectivity index (χ2n) is 8.16. The van der Waals surface area contributed by atoms with Gasteiger partial charge in [0, 0.05) is 49.7 Å². The first kappa shape index (κ1) is 18.9. The van der Waals surface area contributed by atoms with E-state index in [4.69, 9.17) is 10.5 Å². The Kier molecular flexibility index (Phi) is 5.10. The highest BCUT2D eigenvalue weighted by Gasteiger charge is 2.25. The van der Waals surface area contributed by atoms with Crippen LogP contribution in [0.4, 0.5) is 21.7 Å². The molecule has 28 heavy (non-hydrogen) atoms. The van der Waals surface area contributed by atoms with Gasteiger partial charge in [-0.3, -0.25) is 0 Å². The van der Waals surface area contributed by atoms with Crippen molar-refractivity contribution in [2.45, 2.75) is 39.4 Å². The van der Waals surface area contributed by atoms with Gasteiger partial charge in [-0.25, -0.2) is 14.4 Å². The third-order valence-corrected chi connectivity index (χ3v) is 5.53. The predicted molar refractivity (Wildman–Crippen MR) is 110 cm³/mol. The summed E-state index contributed by atoms with van der Waals surface area (Å²) in [6.45, 7) is 9.60. The van der Waals surface area contributed by atoms with Crippen LogP contribution in [0.2, 0.25) is 0 Å². The summed E-state index contributed by atoms with van der Waals surface area (Å²) in [5.74, 6) is 0.948. The summed E-state index contributed by atoms with van der Waals surface area (Å²) in [5.41, 5.74) is 8.69. The molecule has 4 rings (SSSR count). The second kappa shape index (κ2) is 7.54. The molecule has 0 spiro atoms. The number of anilines is 3. The molecule has 2 aromatic rings. The standard InChI is InChI=1S/C21H28FN5O/c1-13-4-5-26(10-13)20-7-18(22)17(6-19(20)23)16-8-24-21(25-9-16)27-11-14(2)28-15(3)12-27/h6-9,13-15H,4-5,10-12,23H2,1-3H3/t13-,14-,15+/m1/s1. The van der Waals surface area contributed by atoms with E-state index in [2.05, 4.69) is 26.7 Å². The molecule has 3 heterocycles. The normalized spacial score (nSPS) is 25.4. The maximum atomic E-state index is 14.9. The summed E-state index contributed by atoms with van der Waals surface area (Å²) in [7, 11) is 0. The van der Waals surface area contributed by atoms with Crippen molar-refractivity contribution < 1.29 is 9.13 Å². The smallest absolute Gasteiger partial charge is 0.225 e. The van der Waals surface area contributed by atoms with Gasteiger partial charge in [0.1, 0.15) is 5.82 Å². The van der Waals surface area contributed by atoms with Gasteiger partial charge in [0.2, 0.25) is 5.95 Å². The zero-order valence-electron chi connectivity index (χ0n) is 16.7. The van der Waals surface area contributed by atoms with Crippen molar-refractivity contribution in [3.05, 3.63) is 30.3 Å². The molecule has 0 aliphatic carbocycles. The van der Waals surface area contributed by atoms with Crippen LogP contribution in [0.1, 0.15) is 27.2 Å². The van der Waals surface area contributed by atoms with Crippen molar-refractivity contribution in [3.63, 3.8) is 0 Å². The molecule has 3 atom stereocenters. The first-order valence-electron chi connectivity index (χ1n) is 9.97. The molecule has 2 saturated heterocycles. The number of nitrogens with two attached hydrogens (primary N) is 1. The maximum Gasteiger partial charge on any atom is 0.225 e. The zero-order chi connectivity index (χ0) is 19.8. The average molecular weight is 385 g/mol. The van der Waals surface area contributed by atoms with E-state index >= 15 is 0 Å². The van der Waals surface area contributed by atoms with Crippen molar-refractivity contribution in [1.29, 1.82) is 0 Å². The van der Waals surface area contributed by atoms with Crippen LogP contribution in [0.3, 0.4) is 0 Å². The average Bonchev–Trinajstić information content (AvgIpc) is 3.09. The highest BCUT2D eigenvalue weighted by Crippen LogP contribution is 2.34. The largest absolute Gasteiger partial charge is 0.397 e. The Hall–Kier alpha value is -2.41. The highest BCUT2D eigenvalue weighted by atomic mass is 19.1. The summed E-state index contributed by atoms with van der Waals surface area (Å²) in [4.78, 5) is 13.2. The number of hydrogen-bond donors (Lipinski definition) is 1. The molecule has 6 nitrogen and oxygen atoms in total. The number of halogens is 1. The van der Waals surface area contributed by atoms with Crippen LogP contribution in [0, 0.1) is 11.7 Å². The molecule has 150 valence electrons. The Morgan fingerprint density at radius 2 is 1.71 bits per heavy atom. The van der Waals surface area contributed by atoms with Crippen molar-refractivity contribution >= 4 is 17.3 Å². The molecule has 0 amide bonds. The van der Waals surface area contributed by atoms with E-state index in [1.807, 2.05) is 13.8 Å². The Labute approximate surface area is 165 Å². The van der Waals surface area contributed by atoms with Crippen molar-refractivity contribution in [1.82, 2.24) is 9.97 Å². The Morgan fingerprint density at radius 3 is 2.32 bits per heavy atom. The number of benzene rings is 1.